The molecule has 0 aliphatic carbocycles. The molecule has 1 unspecified atom stereocenters. The van der Waals surface area contributed by atoms with Crippen molar-refractivity contribution in [3.63, 3.8) is 0 Å². The van der Waals surface area contributed by atoms with Crippen molar-refractivity contribution in [1.82, 2.24) is 15.1 Å². The van der Waals surface area contributed by atoms with E-state index in [-0.39, 0.29) is 6.10 Å². The molecule has 2 heterocycles. The zero-order valence-electron chi connectivity index (χ0n) is 10.8. The Morgan fingerprint density at radius 1 is 1.59 bits per heavy atom. The van der Waals surface area contributed by atoms with Crippen LogP contribution in [-0.2, 0) is 22.6 Å². The summed E-state index contributed by atoms with van der Waals surface area (Å²) >= 11 is 0. The van der Waals surface area contributed by atoms with Crippen LogP contribution in [0.4, 0.5) is 0 Å². The van der Waals surface area contributed by atoms with Gasteiger partial charge >= 0.3 is 0 Å². The molecule has 1 aromatic heterocycles. The van der Waals surface area contributed by atoms with Gasteiger partial charge in [0.05, 0.1) is 18.4 Å². The Balaban J connectivity index is 1.73. The maximum Gasteiger partial charge on any atom is 0.163 e. The van der Waals surface area contributed by atoms with Gasteiger partial charge in [-0.05, 0) is 26.8 Å². The zero-order valence-corrected chi connectivity index (χ0v) is 10.8. The second-order valence-electron chi connectivity index (χ2n) is 4.72. The Labute approximate surface area is 102 Å². The first-order valence-electron chi connectivity index (χ1n) is 6.14. The van der Waals surface area contributed by atoms with Crippen molar-refractivity contribution in [1.29, 1.82) is 0 Å². The molecule has 1 saturated heterocycles. The van der Waals surface area contributed by atoms with E-state index >= 15 is 0 Å². The van der Waals surface area contributed by atoms with E-state index in [0.29, 0.717) is 6.61 Å². The molecule has 0 spiro atoms. The molecular formula is C12H21N3O2. The van der Waals surface area contributed by atoms with Crippen molar-refractivity contribution in [3.05, 3.63) is 18.0 Å². The lowest BCUT2D eigenvalue weighted by Gasteiger charge is -2.17. The fourth-order valence-corrected chi connectivity index (χ4v) is 2.02. The molecule has 1 N–H and O–H groups in total. The Kier molecular flexibility index (Phi) is 3.81. The van der Waals surface area contributed by atoms with E-state index in [4.69, 9.17) is 9.47 Å². The van der Waals surface area contributed by atoms with Gasteiger partial charge in [-0.3, -0.25) is 4.68 Å². The summed E-state index contributed by atoms with van der Waals surface area (Å²) in [4.78, 5) is 0. The van der Waals surface area contributed by atoms with Crippen LogP contribution in [0.1, 0.15) is 26.5 Å². The van der Waals surface area contributed by atoms with E-state index in [1.165, 1.54) is 5.69 Å². The Bertz CT molecular complexity index is 362. The number of nitrogens with zero attached hydrogens (tertiary/aromatic N) is 2. The van der Waals surface area contributed by atoms with Crippen molar-refractivity contribution in [2.45, 2.75) is 45.8 Å². The van der Waals surface area contributed by atoms with Crippen LogP contribution in [0.25, 0.3) is 0 Å². The molecule has 0 aromatic carbocycles. The molecule has 0 bridgehead atoms. The van der Waals surface area contributed by atoms with Crippen LogP contribution < -0.4 is 5.32 Å². The fourth-order valence-electron chi connectivity index (χ4n) is 2.02. The normalized spacial score (nSPS) is 23.1. The lowest BCUT2D eigenvalue weighted by molar-refractivity contribution is -0.137. The number of rotatable bonds is 5. The van der Waals surface area contributed by atoms with Gasteiger partial charge in [-0.1, -0.05) is 0 Å². The third kappa shape index (κ3) is 3.28. The highest BCUT2D eigenvalue weighted by atomic mass is 16.7. The van der Waals surface area contributed by atoms with Crippen molar-refractivity contribution < 1.29 is 9.47 Å². The Hall–Kier alpha value is -0.910. The van der Waals surface area contributed by atoms with Gasteiger partial charge in [0.15, 0.2) is 5.79 Å². The predicted molar refractivity (Wildman–Crippen MR) is 64.5 cm³/mol. The molecule has 0 saturated carbocycles. The molecule has 0 amide bonds. The molecular weight excluding hydrogens is 218 g/mol. The van der Waals surface area contributed by atoms with Crippen LogP contribution >= 0.6 is 0 Å². The van der Waals surface area contributed by atoms with Gasteiger partial charge in [0.1, 0.15) is 0 Å². The minimum atomic E-state index is -0.433. The van der Waals surface area contributed by atoms with Gasteiger partial charge < -0.3 is 14.8 Å². The number of ether oxygens (including phenoxy) is 2. The summed E-state index contributed by atoms with van der Waals surface area (Å²) in [6.45, 7) is 9.16. The van der Waals surface area contributed by atoms with Crippen molar-refractivity contribution in [3.8, 4) is 0 Å². The first kappa shape index (κ1) is 12.5. The van der Waals surface area contributed by atoms with Crippen LogP contribution in [0.15, 0.2) is 12.3 Å². The third-order valence-electron chi connectivity index (χ3n) is 2.85. The van der Waals surface area contributed by atoms with Gasteiger partial charge in [0.25, 0.3) is 0 Å². The molecule has 1 fully saturated rings. The second-order valence-corrected chi connectivity index (χ2v) is 4.72. The molecule has 1 atom stereocenters. The SMILES string of the molecule is CCn1nccc1CNCC1COC(C)(C)O1. The molecule has 5 nitrogen and oxygen atoms in total. The first-order chi connectivity index (χ1) is 8.11. The minimum absolute atomic E-state index is 0.142. The van der Waals surface area contributed by atoms with E-state index in [1.807, 2.05) is 30.8 Å². The number of aromatic nitrogens is 2. The summed E-state index contributed by atoms with van der Waals surface area (Å²) in [7, 11) is 0. The molecule has 96 valence electrons. The summed E-state index contributed by atoms with van der Waals surface area (Å²) in [5.41, 5.74) is 1.20. The van der Waals surface area contributed by atoms with Gasteiger partial charge in [-0.25, -0.2) is 0 Å². The van der Waals surface area contributed by atoms with E-state index in [0.717, 1.165) is 19.6 Å². The van der Waals surface area contributed by atoms with E-state index in [1.54, 1.807) is 0 Å². The lowest BCUT2D eigenvalue weighted by Crippen LogP contribution is -2.30. The van der Waals surface area contributed by atoms with Crippen LogP contribution in [0.5, 0.6) is 0 Å². The number of hydrogen-bond acceptors (Lipinski definition) is 4. The van der Waals surface area contributed by atoms with Crippen LogP contribution in [-0.4, -0.2) is 34.8 Å². The predicted octanol–water partition coefficient (Wildman–Crippen LogP) is 1.14. The largest absolute Gasteiger partial charge is 0.348 e. The molecule has 5 heteroatoms. The van der Waals surface area contributed by atoms with Crippen LogP contribution in [0, 0.1) is 0 Å². The summed E-state index contributed by atoms with van der Waals surface area (Å²) in [5.74, 6) is -0.433. The van der Waals surface area contributed by atoms with Crippen molar-refractivity contribution >= 4 is 0 Å². The average Bonchev–Trinajstić information content (AvgIpc) is 2.85. The Morgan fingerprint density at radius 3 is 3.06 bits per heavy atom. The second kappa shape index (κ2) is 5.16. The molecule has 0 radical (unpaired) electrons. The summed E-state index contributed by atoms with van der Waals surface area (Å²) in [5, 5.41) is 7.61. The maximum absolute atomic E-state index is 5.72. The minimum Gasteiger partial charge on any atom is -0.348 e. The van der Waals surface area contributed by atoms with Crippen LogP contribution in [0.3, 0.4) is 0 Å². The highest BCUT2D eigenvalue weighted by Crippen LogP contribution is 2.21. The Morgan fingerprint density at radius 2 is 2.41 bits per heavy atom. The molecule has 1 aromatic rings. The van der Waals surface area contributed by atoms with Gasteiger partial charge in [-0.15, -0.1) is 0 Å². The van der Waals surface area contributed by atoms with Gasteiger partial charge in [0.2, 0.25) is 0 Å². The quantitative estimate of drug-likeness (QED) is 0.837. The number of aryl methyl sites for hydroxylation is 1. The van der Waals surface area contributed by atoms with Crippen molar-refractivity contribution in [2.24, 2.45) is 0 Å². The molecule has 2 rings (SSSR count). The highest BCUT2D eigenvalue weighted by Gasteiger charge is 2.32. The van der Waals surface area contributed by atoms with E-state index in [9.17, 15) is 0 Å². The van der Waals surface area contributed by atoms with E-state index < -0.39 is 5.79 Å². The van der Waals surface area contributed by atoms with Gasteiger partial charge in [0, 0.05) is 25.8 Å². The summed E-state index contributed by atoms with van der Waals surface area (Å²) < 4.78 is 13.2. The lowest BCUT2D eigenvalue weighted by atomic mass is 10.3. The fraction of sp³-hybridized carbons (Fsp3) is 0.750. The van der Waals surface area contributed by atoms with Crippen molar-refractivity contribution in [2.75, 3.05) is 13.2 Å². The molecule has 1 aliphatic heterocycles. The maximum atomic E-state index is 5.72. The van der Waals surface area contributed by atoms with Gasteiger partial charge in [-0.2, -0.15) is 5.10 Å². The number of nitrogens with one attached hydrogen (secondary N) is 1. The standard InChI is InChI=1S/C12H21N3O2/c1-4-15-10(5-6-14-15)7-13-8-11-9-16-12(2,3)17-11/h5-6,11,13H,4,7-9H2,1-3H3. The smallest absolute Gasteiger partial charge is 0.163 e. The summed E-state index contributed by atoms with van der Waals surface area (Å²) in [6, 6.07) is 2.03. The topological polar surface area (TPSA) is 48.3 Å². The van der Waals surface area contributed by atoms with Crippen LogP contribution in [0.2, 0.25) is 0 Å². The first-order valence-corrected chi connectivity index (χ1v) is 6.14. The monoisotopic (exact) mass is 239 g/mol. The molecule has 17 heavy (non-hydrogen) atoms. The summed E-state index contributed by atoms with van der Waals surface area (Å²) in [6.07, 6.45) is 1.97. The van der Waals surface area contributed by atoms with E-state index in [2.05, 4.69) is 17.3 Å². The highest BCUT2D eigenvalue weighted by molar-refractivity contribution is 4.99. The average molecular weight is 239 g/mol. The third-order valence-corrected chi connectivity index (χ3v) is 2.85. The zero-order chi connectivity index (χ0) is 12.3. The molecule has 1 aliphatic rings. The number of hydrogen-bond donors (Lipinski definition) is 1.